The summed E-state index contributed by atoms with van der Waals surface area (Å²) < 4.78 is 10.5. The minimum atomic E-state index is -0.492. The first-order valence-corrected chi connectivity index (χ1v) is 6.98. The molecule has 0 heterocycles. The van der Waals surface area contributed by atoms with Gasteiger partial charge in [-0.1, -0.05) is 12.1 Å². The van der Waals surface area contributed by atoms with Crippen molar-refractivity contribution in [2.75, 3.05) is 19.5 Å². The zero-order valence-electron chi connectivity index (χ0n) is 13.2. The molecule has 24 heavy (non-hydrogen) atoms. The second-order valence-electron chi connectivity index (χ2n) is 4.72. The van der Waals surface area contributed by atoms with E-state index in [0.29, 0.717) is 34.7 Å². The third-order valence-corrected chi connectivity index (χ3v) is 3.28. The van der Waals surface area contributed by atoms with Gasteiger partial charge in [-0.15, -0.1) is 0 Å². The number of nitro groups is 1. The second-order valence-corrected chi connectivity index (χ2v) is 4.72. The molecule has 0 saturated heterocycles. The highest BCUT2D eigenvalue weighted by atomic mass is 16.6. The van der Waals surface area contributed by atoms with Crippen molar-refractivity contribution in [1.82, 2.24) is 0 Å². The van der Waals surface area contributed by atoms with Gasteiger partial charge in [-0.2, -0.15) is 0 Å². The van der Waals surface area contributed by atoms with E-state index in [1.165, 1.54) is 32.4 Å². The molecule has 0 aliphatic carbocycles. The number of nitrogens with zero attached hydrogens (tertiary/aromatic N) is 1. The molecule has 0 fully saturated rings. The lowest BCUT2D eigenvalue weighted by atomic mass is 10.1. The van der Waals surface area contributed by atoms with Gasteiger partial charge >= 0.3 is 0 Å². The molecule has 7 nitrogen and oxygen atoms in total. The van der Waals surface area contributed by atoms with Gasteiger partial charge in [-0.3, -0.25) is 14.9 Å². The first kappa shape index (κ1) is 17.0. The number of nitrogens with one attached hydrogen (secondary N) is 1. The quantitative estimate of drug-likeness (QED) is 0.363. The molecule has 0 atom stereocenters. The summed E-state index contributed by atoms with van der Waals surface area (Å²) in [4.78, 5) is 21.4. The molecule has 7 heteroatoms. The Morgan fingerprint density at radius 2 is 1.96 bits per heavy atom. The van der Waals surface area contributed by atoms with Gasteiger partial charge in [0.05, 0.1) is 24.8 Å². The van der Waals surface area contributed by atoms with Crippen LogP contribution in [0.15, 0.2) is 48.5 Å². The summed E-state index contributed by atoms with van der Waals surface area (Å²) in [7, 11) is 3.05. The lowest BCUT2D eigenvalue weighted by Gasteiger charge is -2.15. The maximum atomic E-state index is 11.0. The SMILES string of the molecule is COc1ccc(OC)c(N/C(=C/C=O)c2cccc([N+](=O)[O-])c2)c1. The maximum absolute atomic E-state index is 11.0. The fourth-order valence-corrected chi connectivity index (χ4v) is 2.12. The fraction of sp³-hybridized carbons (Fsp3) is 0.118. The van der Waals surface area contributed by atoms with Gasteiger partial charge in [-0.05, 0) is 12.1 Å². The van der Waals surface area contributed by atoms with Crippen LogP contribution in [0.4, 0.5) is 11.4 Å². The predicted molar refractivity (Wildman–Crippen MR) is 90.3 cm³/mol. The Balaban J connectivity index is 2.43. The van der Waals surface area contributed by atoms with Crippen molar-refractivity contribution < 1.29 is 19.2 Å². The maximum Gasteiger partial charge on any atom is 0.270 e. The van der Waals surface area contributed by atoms with Crippen molar-refractivity contribution >= 4 is 23.4 Å². The van der Waals surface area contributed by atoms with E-state index in [1.54, 1.807) is 30.3 Å². The molecule has 0 aliphatic rings. The monoisotopic (exact) mass is 328 g/mol. The highest BCUT2D eigenvalue weighted by molar-refractivity contribution is 5.88. The summed E-state index contributed by atoms with van der Waals surface area (Å²) in [5.74, 6) is 1.14. The predicted octanol–water partition coefficient (Wildman–Crippen LogP) is 3.26. The van der Waals surface area contributed by atoms with Gasteiger partial charge < -0.3 is 14.8 Å². The van der Waals surface area contributed by atoms with E-state index in [9.17, 15) is 14.9 Å². The Labute approximate surface area is 138 Å². The normalized spacial score (nSPS) is 10.8. The summed E-state index contributed by atoms with van der Waals surface area (Å²) in [6.07, 6.45) is 1.89. The minimum Gasteiger partial charge on any atom is -0.497 e. The molecule has 0 amide bonds. The van der Waals surface area contributed by atoms with Crippen LogP contribution >= 0.6 is 0 Å². The smallest absolute Gasteiger partial charge is 0.270 e. The molecule has 0 spiro atoms. The molecule has 1 N–H and O–H groups in total. The number of benzene rings is 2. The Morgan fingerprint density at radius 3 is 2.58 bits per heavy atom. The van der Waals surface area contributed by atoms with E-state index in [4.69, 9.17) is 9.47 Å². The highest BCUT2D eigenvalue weighted by Crippen LogP contribution is 2.32. The van der Waals surface area contributed by atoms with Crippen LogP contribution < -0.4 is 14.8 Å². The van der Waals surface area contributed by atoms with Crippen LogP contribution in [0.1, 0.15) is 5.56 Å². The molecular weight excluding hydrogens is 312 g/mol. The molecule has 2 aromatic rings. The van der Waals surface area contributed by atoms with E-state index >= 15 is 0 Å². The largest absolute Gasteiger partial charge is 0.497 e. The minimum absolute atomic E-state index is 0.0660. The molecule has 0 bridgehead atoms. The van der Waals surface area contributed by atoms with Crippen LogP contribution in [0.3, 0.4) is 0 Å². The van der Waals surface area contributed by atoms with Gasteiger partial charge in [0.2, 0.25) is 0 Å². The number of non-ortho nitro benzene ring substituents is 1. The van der Waals surface area contributed by atoms with E-state index in [-0.39, 0.29) is 5.69 Å². The number of carbonyl (C=O) groups excluding carboxylic acids is 1. The van der Waals surface area contributed by atoms with Crippen LogP contribution in [0, 0.1) is 10.1 Å². The van der Waals surface area contributed by atoms with Crippen molar-refractivity contribution in [2.45, 2.75) is 0 Å². The van der Waals surface area contributed by atoms with Crippen molar-refractivity contribution in [3.05, 3.63) is 64.2 Å². The van der Waals surface area contributed by atoms with Crippen LogP contribution in [0.5, 0.6) is 11.5 Å². The number of allylic oxidation sites excluding steroid dienone is 1. The molecule has 2 aromatic carbocycles. The highest BCUT2D eigenvalue weighted by Gasteiger charge is 2.12. The Bertz CT molecular complexity index is 786. The summed E-state index contributed by atoms with van der Waals surface area (Å²) in [6.45, 7) is 0. The lowest BCUT2D eigenvalue weighted by molar-refractivity contribution is -0.384. The molecular formula is C17H16N2O5. The molecule has 124 valence electrons. The number of hydrogen-bond acceptors (Lipinski definition) is 6. The number of anilines is 1. The Hall–Kier alpha value is -3.35. The first-order chi connectivity index (χ1) is 11.6. The number of rotatable bonds is 7. The van der Waals surface area contributed by atoms with Crippen LogP contribution in [-0.4, -0.2) is 25.4 Å². The summed E-state index contributed by atoms with van der Waals surface area (Å²) in [6, 6.07) is 11.1. The topological polar surface area (TPSA) is 90.7 Å². The first-order valence-electron chi connectivity index (χ1n) is 6.98. The second kappa shape index (κ2) is 7.77. The summed E-state index contributed by atoms with van der Waals surface area (Å²) in [5.41, 5.74) is 1.40. The molecule has 0 aliphatic heterocycles. The number of aldehydes is 1. The van der Waals surface area contributed by atoms with Crippen molar-refractivity contribution in [3.63, 3.8) is 0 Å². The zero-order valence-corrected chi connectivity index (χ0v) is 13.2. The van der Waals surface area contributed by atoms with Crippen LogP contribution in [0.2, 0.25) is 0 Å². The average molecular weight is 328 g/mol. The third-order valence-electron chi connectivity index (χ3n) is 3.28. The van der Waals surface area contributed by atoms with Crippen molar-refractivity contribution in [2.24, 2.45) is 0 Å². The number of carbonyl (C=O) groups is 1. The van der Waals surface area contributed by atoms with Gasteiger partial charge in [0, 0.05) is 35.5 Å². The van der Waals surface area contributed by atoms with E-state index in [1.807, 2.05) is 0 Å². The van der Waals surface area contributed by atoms with Crippen molar-refractivity contribution in [1.29, 1.82) is 0 Å². The molecule has 2 rings (SSSR count). The van der Waals surface area contributed by atoms with E-state index < -0.39 is 4.92 Å². The van der Waals surface area contributed by atoms with Crippen LogP contribution in [0.25, 0.3) is 5.70 Å². The molecule has 0 unspecified atom stereocenters. The summed E-state index contributed by atoms with van der Waals surface area (Å²) in [5, 5.41) is 14.0. The Kier molecular flexibility index (Phi) is 5.51. The van der Waals surface area contributed by atoms with E-state index in [2.05, 4.69) is 5.32 Å². The Morgan fingerprint density at radius 1 is 1.17 bits per heavy atom. The molecule has 0 saturated carbocycles. The number of nitro benzene ring substituents is 1. The van der Waals surface area contributed by atoms with Gasteiger partial charge in [0.1, 0.15) is 17.8 Å². The van der Waals surface area contributed by atoms with Crippen LogP contribution in [-0.2, 0) is 4.79 Å². The number of hydrogen-bond donors (Lipinski definition) is 1. The molecule has 0 radical (unpaired) electrons. The zero-order chi connectivity index (χ0) is 17.5. The molecule has 0 aromatic heterocycles. The van der Waals surface area contributed by atoms with E-state index in [0.717, 1.165) is 0 Å². The standard InChI is InChI=1S/C17H16N2O5/c1-23-14-6-7-17(24-2)16(11-14)18-15(8-9-20)12-4-3-5-13(10-12)19(21)22/h3-11,18H,1-2H3/b15-8+. The van der Waals surface area contributed by atoms with Gasteiger partial charge in [-0.25, -0.2) is 0 Å². The number of methoxy groups -OCH3 is 2. The average Bonchev–Trinajstić information content (AvgIpc) is 2.61. The summed E-state index contributed by atoms with van der Waals surface area (Å²) >= 11 is 0. The third kappa shape index (κ3) is 3.89. The fourth-order valence-electron chi connectivity index (χ4n) is 2.12. The van der Waals surface area contributed by atoms with Gasteiger partial charge in [0.25, 0.3) is 5.69 Å². The number of ether oxygens (including phenoxy) is 2. The van der Waals surface area contributed by atoms with Gasteiger partial charge in [0.15, 0.2) is 0 Å². The lowest BCUT2D eigenvalue weighted by Crippen LogP contribution is -2.02. The van der Waals surface area contributed by atoms with Crippen molar-refractivity contribution in [3.8, 4) is 11.5 Å².